The molecular weight excluding hydrogens is 304 g/mol. The van der Waals surface area contributed by atoms with Gasteiger partial charge in [-0.3, -0.25) is 9.59 Å². The number of carbonyl (C=O) groups is 2. The Morgan fingerprint density at radius 1 is 1.09 bits per heavy atom. The minimum atomic E-state index is -3.33. The maximum atomic E-state index is 12.0. The van der Waals surface area contributed by atoms with E-state index in [1.54, 1.807) is 6.07 Å². The average molecular weight is 326 g/mol. The zero-order valence-electron chi connectivity index (χ0n) is 13.1. The zero-order chi connectivity index (χ0) is 16.8. The number of nitrogens with one attached hydrogen (secondary N) is 2. The number of hydrogen-bond donors (Lipinski definition) is 2. The lowest BCUT2D eigenvalue weighted by atomic mass is 10.0. The van der Waals surface area contributed by atoms with E-state index in [-0.39, 0.29) is 36.8 Å². The van der Waals surface area contributed by atoms with Crippen LogP contribution in [0.25, 0.3) is 0 Å². The second kappa shape index (κ2) is 8.05. The molecule has 2 N–H and O–H groups in total. The van der Waals surface area contributed by atoms with Gasteiger partial charge in [0, 0.05) is 24.9 Å². The number of amides is 1. The summed E-state index contributed by atoms with van der Waals surface area (Å²) < 4.78 is 24.5. The third kappa shape index (κ3) is 5.95. The first-order valence-corrected chi connectivity index (χ1v) is 8.69. The third-order valence-corrected chi connectivity index (χ3v) is 4.78. The van der Waals surface area contributed by atoms with Crippen molar-refractivity contribution in [3.05, 3.63) is 34.9 Å². The van der Waals surface area contributed by atoms with Gasteiger partial charge in [-0.15, -0.1) is 0 Å². The molecule has 0 bridgehead atoms. The summed E-state index contributed by atoms with van der Waals surface area (Å²) in [6.07, 6.45) is 0.151. The monoisotopic (exact) mass is 326 g/mol. The summed E-state index contributed by atoms with van der Waals surface area (Å²) in [6, 6.07) is 5.45. The average Bonchev–Trinajstić information content (AvgIpc) is 2.47. The summed E-state index contributed by atoms with van der Waals surface area (Å²) in [5.74, 6) is -0.607. The van der Waals surface area contributed by atoms with Gasteiger partial charge in [0.2, 0.25) is 15.9 Å². The van der Waals surface area contributed by atoms with E-state index in [0.29, 0.717) is 5.56 Å². The molecule has 6 nitrogen and oxygen atoms in total. The summed E-state index contributed by atoms with van der Waals surface area (Å²) in [6.45, 7) is 3.93. The summed E-state index contributed by atoms with van der Waals surface area (Å²) in [4.78, 5) is 23.6. The molecule has 122 valence electrons. The summed E-state index contributed by atoms with van der Waals surface area (Å²) in [5.41, 5.74) is 2.74. The molecule has 1 aromatic rings. The van der Waals surface area contributed by atoms with E-state index in [1.165, 1.54) is 7.05 Å². The second-order valence-corrected chi connectivity index (χ2v) is 7.14. The molecule has 0 aliphatic rings. The van der Waals surface area contributed by atoms with Crippen LogP contribution in [-0.2, 0) is 14.8 Å². The number of hydrogen-bond acceptors (Lipinski definition) is 4. The minimum absolute atomic E-state index is 0.0276. The Hall–Kier alpha value is -1.73. The van der Waals surface area contributed by atoms with E-state index < -0.39 is 10.0 Å². The molecule has 0 fully saturated rings. The van der Waals surface area contributed by atoms with E-state index in [9.17, 15) is 18.0 Å². The van der Waals surface area contributed by atoms with Gasteiger partial charge in [0.25, 0.3) is 0 Å². The molecule has 0 aromatic heterocycles. The highest BCUT2D eigenvalue weighted by Gasteiger charge is 2.11. The molecule has 1 aromatic carbocycles. The fraction of sp³-hybridized carbons (Fsp3) is 0.467. The van der Waals surface area contributed by atoms with Gasteiger partial charge < -0.3 is 5.32 Å². The fourth-order valence-electron chi connectivity index (χ4n) is 1.80. The van der Waals surface area contributed by atoms with Gasteiger partial charge in [-0.05, 0) is 38.1 Å². The topological polar surface area (TPSA) is 92.3 Å². The van der Waals surface area contributed by atoms with Gasteiger partial charge in [-0.1, -0.05) is 12.1 Å². The molecule has 1 amide bonds. The largest absolute Gasteiger partial charge is 0.355 e. The van der Waals surface area contributed by atoms with Crippen molar-refractivity contribution in [2.75, 3.05) is 19.3 Å². The Balaban J connectivity index is 2.40. The van der Waals surface area contributed by atoms with Gasteiger partial charge in [0.05, 0.1) is 5.75 Å². The van der Waals surface area contributed by atoms with Crippen LogP contribution >= 0.6 is 0 Å². The first-order valence-electron chi connectivity index (χ1n) is 7.03. The molecule has 0 saturated carbocycles. The number of carbonyl (C=O) groups excluding carboxylic acids is 2. The maximum absolute atomic E-state index is 12.0. The third-order valence-electron chi connectivity index (χ3n) is 3.41. The molecule has 7 heteroatoms. The lowest BCUT2D eigenvalue weighted by Gasteiger charge is -2.06. The van der Waals surface area contributed by atoms with Crippen molar-refractivity contribution in [2.45, 2.75) is 26.7 Å². The molecule has 22 heavy (non-hydrogen) atoms. The standard InChI is InChI=1S/C15H22N2O4S/c1-11-4-5-13(10-12(11)2)14(18)6-7-15(19)17-8-9-22(20,21)16-3/h4-5,10,16H,6-9H2,1-3H3,(H,17,19). The number of rotatable bonds is 8. The second-order valence-electron chi connectivity index (χ2n) is 5.10. The van der Waals surface area contributed by atoms with E-state index in [1.807, 2.05) is 26.0 Å². The van der Waals surface area contributed by atoms with Gasteiger partial charge in [-0.2, -0.15) is 0 Å². The van der Waals surface area contributed by atoms with Crippen molar-refractivity contribution < 1.29 is 18.0 Å². The van der Waals surface area contributed by atoms with E-state index in [4.69, 9.17) is 0 Å². The normalized spacial score (nSPS) is 11.2. The molecule has 0 unspecified atom stereocenters. The predicted octanol–water partition coefficient (Wildman–Crippen LogP) is 0.932. The van der Waals surface area contributed by atoms with Crippen LogP contribution in [0.15, 0.2) is 18.2 Å². The summed E-state index contributed by atoms with van der Waals surface area (Å²) in [5, 5.41) is 2.49. The number of ketones is 1. The van der Waals surface area contributed by atoms with Crippen molar-refractivity contribution in [1.29, 1.82) is 0 Å². The van der Waals surface area contributed by atoms with Gasteiger partial charge in [-0.25, -0.2) is 13.1 Å². The predicted molar refractivity (Wildman–Crippen MR) is 85.3 cm³/mol. The fourth-order valence-corrected chi connectivity index (χ4v) is 2.38. The molecule has 0 spiro atoms. The maximum Gasteiger partial charge on any atom is 0.220 e. The first kappa shape index (κ1) is 18.3. The number of benzene rings is 1. The molecule has 0 aliphatic carbocycles. The van der Waals surface area contributed by atoms with Crippen LogP contribution < -0.4 is 10.0 Å². The van der Waals surface area contributed by atoms with Crippen LogP contribution in [-0.4, -0.2) is 39.5 Å². The molecule has 0 aliphatic heterocycles. The lowest BCUT2D eigenvalue weighted by Crippen LogP contribution is -2.33. The molecule has 1 rings (SSSR count). The van der Waals surface area contributed by atoms with Crippen molar-refractivity contribution in [3.63, 3.8) is 0 Å². The van der Waals surface area contributed by atoms with Crippen LogP contribution in [0.2, 0.25) is 0 Å². The lowest BCUT2D eigenvalue weighted by molar-refractivity contribution is -0.120. The Morgan fingerprint density at radius 2 is 1.77 bits per heavy atom. The van der Waals surface area contributed by atoms with Crippen molar-refractivity contribution in [2.24, 2.45) is 0 Å². The highest BCUT2D eigenvalue weighted by atomic mass is 32.2. The Labute approximate surface area is 131 Å². The van der Waals surface area contributed by atoms with Crippen LogP contribution in [0.4, 0.5) is 0 Å². The summed E-state index contributed by atoms with van der Waals surface area (Å²) in [7, 11) is -2.01. The van der Waals surface area contributed by atoms with Crippen LogP contribution in [0, 0.1) is 13.8 Å². The van der Waals surface area contributed by atoms with Gasteiger partial charge >= 0.3 is 0 Å². The Kier molecular flexibility index (Phi) is 6.70. The molecule has 0 atom stereocenters. The minimum Gasteiger partial charge on any atom is -0.355 e. The molecule has 0 radical (unpaired) electrons. The SMILES string of the molecule is CNS(=O)(=O)CCNC(=O)CCC(=O)c1ccc(C)c(C)c1. The van der Waals surface area contributed by atoms with Crippen LogP contribution in [0.1, 0.15) is 34.3 Å². The van der Waals surface area contributed by atoms with Gasteiger partial charge in [0.1, 0.15) is 0 Å². The zero-order valence-corrected chi connectivity index (χ0v) is 13.9. The van der Waals surface area contributed by atoms with Crippen molar-refractivity contribution >= 4 is 21.7 Å². The first-order chi connectivity index (χ1) is 10.2. The highest BCUT2D eigenvalue weighted by Crippen LogP contribution is 2.12. The number of sulfonamides is 1. The number of aryl methyl sites for hydroxylation is 2. The molecule has 0 heterocycles. The van der Waals surface area contributed by atoms with E-state index >= 15 is 0 Å². The van der Waals surface area contributed by atoms with E-state index in [0.717, 1.165) is 11.1 Å². The molecule has 0 saturated heterocycles. The van der Waals surface area contributed by atoms with Crippen molar-refractivity contribution in [3.8, 4) is 0 Å². The van der Waals surface area contributed by atoms with E-state index in [2.05, 4.69) is 10.0 Å². The van der Waals surface area contributed by atoms with Crippen LogP contribution in [0.3, 0.4) is 0 Å². The molecular formula is C15H22N2O4S. The van der Waals surface area contributed by atoms with Crippen LogP contribution in [0.5, 0.6) is 0 Å². The Morgan fingerprint density at radius 3 is 2.36 bits per heavy atom. The van der Waals surface area contributed by atoms with Crippen molar-refractivity contribution in [1.82, 2.24) is 10.0 Å². The summed E-state index contributed by atoms with van der Waals surface area (Å²) >= 11 is 0. The smallest absolute Gasteiger partial charge is 0.220 e. The Bertz CT molecular complexity index is 654. The quantitative estimate of drug-likeness (QED) is 0.695. The highest BCUT2D eigenvalue weighted by molar-refractivity contribution is 7.89. The number of Topliss-reactive ketones (excluding diaryl/α,β-unsaturated/α-hetero) is 1. The van der Waals surface area contributed by atoms with Gasteiger partial charge in [0.15, 0.2) is 5.78 Å².